The van der Waals surface area contributed by atoms with Crippen molar-refractivity contribution in [3.63, 3.8) is 0 Å². The van der Waals surface area contributed by atoms with Gasteiger partial charge in [-0.25, -0.2) is 0 Å². The Morgan fingerprint density at radius 1 is 1.17 bits per heavy atom. The second-order valence-corrected chi connectivity index (χ2v) is 2.50. The average molecular weight is 185 g/mol. The lowest BCUT2D eigenvalue weighted by atomic mass is 10.2. The van der Waals surface area contributed by atoms with Crippen LogP contribution in [0.2, 0.25) is 0 Å². The molecule has 0 heterocycles. The van der Waals surface area contributed by atoms with Crippen molar-refractivity contribution in [1.29, 1.82) is 0 Å². The van der Waals surface area contributed by atoms with Crippen molar-refractivity contribution in [1.82, 2.24) is 5.01 Å². The van der Waals surface area contributed by atoms with E-state index in [4.69, 9.17) is 0 Å². The molecule has 0 atom stereocenters. The fourth-order valence-electron chi connectivity index (χ4n) is 0.721. The summed E-state index contributed by atoms with van der Waals surface area (Å²) in [5.41, 5.74) is 1.13. The zero-order chi connectivity index (χ0) is 8.10. The quantitative estimate of drug-likeness (QED) is 0.507. The minimum Gasteiger partial charge on any atom is -0.303 e. The summed E-state index contributed by atoms with van der Waals surface area (Å²) in [6.07, 6.45) is 1.83. The van der Waals surface area contributed by atoms with E-state index in [0.717, 1.165) is 5.56 Å². The fourth-order valence-corrected chi connectivity index (χ4v) is 0.721. The molecule has 12 heavy (non-hydrogen) atoms. The SMILES string of the molecule is CN(C)N=Cc1ccccc1.Cl. The normalized spacial score (nSPS) is 9.50. The number of hydrogen-bond donors (Lipinski definition) is 0. The van der Waals surface area contributed by atoms with E-state index in [2.05, 4.69) is 5.10 Å². The molecule has 1 aromatic rings. The maximum Gasteiger partial charge on any atom is 0.0542 e. The molecule has 0 aliphatic heterocycles. The number of rotatable bonds is 2. The van der Waals surface area contributed by atoms with Crippen molar-refractivity contribution < 1.29 is 0 Å². The Bertz CT molecular complexity index is 232. The van der Waals surface area contributed by atoms with Crippen molar-refractivity contribution in [2.45, 2.75) is 0 Å². The summed E-state index contributed by atoms with van der Waals surface area (Å²) in [5, 5.41) is 5.87. The maximum atomic E-state index is 4.10. The summed E-state index contributed by atoms with van der Waals surface area (Å²) in [7, 11) is 3.80. The van der Waals surface area contributed by atoms with Crippen LogP contribution in [-0.2, 0) is 0 Å². The summed E-state index contributed by atoms with van der Waals surface area (Å²) in [6, 6.07) is 10.0. The monoisotopic (exact) mass is 184 g/mol. The molecule has 1 aromatic carbocycles. The van der Waals surface area contributed by atoms with Gasteiger partial charge in [0.15, 0.2) is 0 Å². The van der Waals surface area contributed by atoms with E-state index in [9.17, 15) is 0 Å². The molecule has 0 aliphatic carbocycles. The minimum absolute atomic E-state index is 0. The lowest BCUT2D eigenvalue weighted by molar-refractivity contribution is 0.440. The van der Waals surface area contributed by atoms with E-state index in [0.29, 0.717) is 0 Å². The van der Waals surface area contributed by atoms with Gasteiger partial charge in [-0.1, -0.05) is 30.3 Å². The molecule has 0 saturated heterocycles. The van der Waals surface area contributed by atoms with Gasteiger partial charge >= 0.3 is 0 Å². The topological polar surface area (TPSA) is 15.6 Å². The average Bonchev–Trinajstić information content (AvgIpc) is 2.03. The fraction of sp³-hybridized carbons (Fsp3) is 0.222. The van der Waals surface area contributed by atoms with Crippen molar-refractivity contribution >= 4 is 18.6 Å². The molecule has 3 heteroatoms. The molecule has 0 aromatic heterocycles. The van der Waals surface area contributed by atoms with Crippen LogP contribution >= 0.6 is 12.4 Å². The van der Waals surface area contributed by atoms with E-state index < -0.39 is 0 Å². The van der Waals surface area contributed by atoms with Gasteiger partial charge < -0.3 is 5.01 Å². The summed E-state index contributed by atoms with van der Waals surface area (Å²) in [6.45, 7) is 0. The first-order valence-corrected chi connectivity index (χ1v) is 3.55. The van der Waals surface area contributed by atoms with Gasteiger partial charge in [-0.3, -0.25) is 0 Å². The lowest BCUT2D eigenvalue weighted by Crippen LogP contribution is -2.01. The third-order valence-corrected chi connectivity index (χ3v) is 1.24. The smallest absolute Gasteiger partial charge is 0.0542 e. The van der Waals surface area contributed by atoms with Crippen LogP contribution in [0.4, 0.5) is 0 Å². The van der Waals surface area contributed by atoms with Crippen LogP contribution in [0.15, 0.2) is 35.4 Å². The second kappa shape index (κ2) is 5.61. The molecule has 2 nitrogen and oxygen atoms in total. The Kier molecular flexibility index (Phi) is 5.13. The molecular formula is C9H13ClN2. The molecule has 1 rings (SSSR count). The predicted molar refractivity (Wildman–Crippen MR) is 55.0 cm³/mol. The Hall–Kier alpha value is -1.02. The number of hydrogen-bond acceptors (Lipinski definition) is 2. The second-order valence-electron chi connectivity index (χ2n) is 2.50. The van der Waals surface area contributed by atoms with Crippen LogP contribution in [0.1, 0.15) is 5.56 Å². The van der Waals surface area contributed by atoms with Crippen molar-refractivity contribution in [3.8, 4) is 0 Å². The van der Waals surface area contributed by atoms with Gasteiger partial charge in [0.25, 0.3) is 0 Å². The maximum absolute atomic E-state index is 4.10. The van der Waals surface area contributed by atoms with Crippen molar-refractivity contribution in [2.24, 2.45) is 5.10 Å². The highest BCUT2D eigenvalue weighted by Gasteiger charge is 1.82. The zero-order valence-corrected chi connectivity index (χ0v) is 8.08. The molecule has 0 spiro atoms. The van der Waals surface area contributed by atoms with E-state index in [1.54, 1.807) is 5.01 Å². The highest BCUT2D eigenvalue weighted by molar-refractivity contribution is 5.85. The molecule has 0 aliphatic rings. The van der Waals surface area contributed by atoms with Gasteiger partial charge in [-0.15, -0.1) is 12.4 Å². The zero-order valence-electron chi connectivity index (χ0n) is 7.27. The van der Waals surface area contributed by atoms with E-state index in [1.165, 1.54) is 0 Å². The van der Waals surface area contributed by atoms with Crippen LogP contribution in [-0.4, -0.2) is 25.3 Å². The van der Waals surface area contributed by atoms with E-state index in [1.807, 2.05) is 50.6 Å². The predicted octanol–water partition coefficient (Wildman–Crippen LogP) is 2.00. The number of nitrogens with zero attached hydrogens (tertiary/aromatic N) is 2. The van der Waals surface area contributed by atoms with Crippen LogP contribution in [0, 0.1) is 0 Å². The first kappa shape index (κ1) is 11.0. The Morgan fingerprint density at radius 3 is 2.25 bits per heavy atom. The number of benzene rings is 1. The molecule has 0 unspecified atom stereocenters. The Morgan fingerprint density at radius 2 is 1.75 bits per heavy atom. The van der Waals surface area contributed by atoms with Gasteiger partial charge in [-0.2, -0.15) is 5.10 Å². The molecule has 0 saturated carbocycles. The van der Waals surface area contributed by atoms with Crippen molar-refractivity contribution in [3.05, 3.63) is 35.9 Å². The first-order chi connectivity index (χ1) is 5.29. The van der Waals surface area contributed by atoms with Gasteiger partial charge in [-0.05, 0) is 5.56 Å². The largest absolute Gasteiger partial charge is 0.303 e. The number of hydrazone groups is 1. The van der Waals surface area contributed by atoms with Gasteiger partial charge in [0.05, 0.1) is 6.21 Å². The van der Waals surface area contributed by atoms with E-state index >= 15 is 0 Å². The Labute approximate surface area is 79.3 Å². The van der Waals surface area contributed by atoms with Crippen LogP contribution in [0.5, 0.6) is 0 Å². The first-order valence-electron chi connectivity index (χ1n) is 3.55. The van der Waals surface area contributed by atoms with E-state index in [-0.39, 0.29) is 12.4 Å². The molecule has 0 amide bonds. The molecular weight excluding hydrogens is 172 g/mol. The third kappa shape index (κ3) is 3.98. The van der Waals surface area contributed by atoms with Crippen LogP contribution in [0.25, 0.3) is 0 Å². The standard InChI is InChI=1S/C9H12N2.ClH/c1-11(2)10-8-9-6-4-3-5-7-9;/h3-8H,1-2H3;1H. The summed E-state index contributed by atoms with van der Waals surface area (Å²) in [5.74, 6) is 0. The summed E-state index contributed by atoms with van der Waals surface area (Å²) in [4.78, 5) is 0. The highest BCUT2D eigenvalue weighted by atomic mass is 35.5. The third-order valence-electron chi connectivity index (χ3n) is 1.24. The van der Waals surface area contributed by atoms with Gasteiger partial charge in [0.2, 0.25) is 0 Å². The molecule has 0 radical (unpaired) electrons. The highest BCUT2D eigenvalue weighted by Crippen LogP contribution is 1.93. The molecule has 0 bridgehead atoms. The van der Waals surface area contributed by atoms with Crippen LogP contribution in [0.3, 0.4) is 0 Å². The van der Waals surface area contributed by atoms with Crippen molar-refractivity contribution in [2.75, 3.05) is 14.1 Å². The summed E-state index contributed by atoms with van der Waals surface area (Å²) < 4.78 is 0. The Balaban J connectivity index is 0.00000121. The number of halogens is 1. The molecule has 0 fully saturated rings. The van der Waals surface area contributed by atoms with Gasteiger partial charge in [0.1, 0.15) is 0 Å². The molecule has 0 N–H and O–H groups in total. The van der Waals surface area contributed by atoms with Crippen LogP contribution < -0.4 is 0 Å². The molecule has 66 valence electrons. The lowest BCUT2D eigenvalue weighted by Gasteiger charge is -2.01. The van der Waals surface area contributed by atoms with Gasteiger partial charge in [0, 0.05) is 14.1 Å². The minimum atomic E-state index is 0. The summed E-state index contributed by atoms with van der Waals surface area (Å²) >= 11 is 0.